The minimum Gasteiger partial charge on any atom is -0.370 e. The topological polar surface area (TPSA) is 63.3 Å². The highest BCUT2D eigenvalue weighted by Gasteiger charge is 2.04. The van der Waals surface area contributed by atoms with Gasteiger partial charge >= 0.3 is 0 Å². The summed E-state index contributed by atoms with van der Waals surface area (Å²) in [6.45, 7) is 2.75. The summed E-state index contributed by atoms with van der Waals surface area (Å²) in [6.07, 6.45) is 1.78. The van der Waals surface area contributed by atoms with E-state index >= 15 is 0 Å². The fourth-order valence-electron chi connectivity index (χ4n) is 2.48. The zero-order valence-corrected chi connectivity index (χ0v) is 17.8. The third kappa shape index (κ3) is 5.81. The van der Waals surface area contributed by atoms with Gasteiger partial charge in [0.05, 0.1) is 5.69 Å². The van der Waals surface area contributed by atoms with Gasteiger partial charge in [0.15, 0.2) is 5.96 Å². The first-order chi connectivity index (χ1) is 12.2. The molecule has 136 valence electrons. The zero-order valence-electron chi connectivity index (χ0n) is 14.7. The molecule has 0 saturated heterocycles. The molecule has 2 aromatic carbocycles. The lowest BCUT2D eigenvalue weighted by molar-refractivity contribution is 0.934. The molecule has 0 amide bonds. The van der Waals surface area contributed by atoms with E-state index in [2.05, 4.69) is 51.9 Å². The molecule has 0 aliphatic carbocycles. The van der Waals surface area contributed by atoms with Crippen LogP contribution in [0.5, 0.6) is 0 Å². The van der Waals surface area contributed by atoms with Crippen molar-refractivity contribution in [1.82, 2.24) is 4.98 Å². The molecule has 0 spiro atoms. The first-order valence-electron chi connectivity index (χ1n) is 8.40. The van der Waals surface area contributed by atoms with Crippen molar-refractivity contribution in [3.05, 3.63) is 71.2 Å². The maximum Gasteiger partial charge on any atom is 0.193 e. The van der Waals surface area contributed by atoms with E-state index in [-0.39, 0.29) is 24.0 Å². The number of aryl methyl sites for hydroxylation is 1. The Balaban J connectivity index is 0.00000243. The molecule has 0 unspecified atom stereocenters. The van der Waals surface area contributed by atoms with Gasteiger partial charge in [-0.25, -0.2) is 4.98 Å². The van der Waals surface area contributed by atoms with Crippen molar-refractivity contribution in [2.45, 2.75) is 19.8 Å². The van der Waals surface area contributed by atoms with Crippen molar-refractivity contribution >= 4 is 47.0 Å². The van der Waals surface area contributed by atoms with E-state index in [1.807, 2.05) is 30.3 Å². The van der Waals surface area contributed by atoms with Crippen LogP contribution in [0.1, 0.15) is 18.2 Å². The normalized spacial score (nSPS) is 11.0. The highest BCUT2D eigenvalue weighted by molar-refractivity contribution is 14.0. The molecule has 1 heterocycles. The van der Waals surface area contributed by atoms with Crippen LogP contribution in [-0.2, 0) is 12.8 Å². The lowest BCUT2D eigenvalue weighted by Gasteiger charge is -2.06. The third-order valence-electron chi connectivity index (χ3n) is 3.83. The lowest BCUT2D eigenvalue weighted by Crippen LogP contribution is -2.23. The quantitative estimate of drug-likeness (QED) is 0.299. The average molecular weight is 478 g/mol. The summed E-state index contributed by atoms with van der Waals surface area (Å²) < 4.78 is 0. The van der Waals surface area contributed by atoms with Crippen LogP contribution in [0.25, 0.3) is 10.6 Å². The Labute approximate surface area is 175 Å². The van der Waals surface area contributed by atoms with E-state index in [0.717, 1.165) is 34.8 Å². The number of nitrogens with one attached hydrogen (secondary N) is 1. The Kier molecular flexibility index (Phi) is 8.06. The number of hydrogen-bond acceptors (Lipinski definition) is 3. The van der Waals surface area contributed by atoms with Gasteiger partial charge in [-0.2, -0.15) is 0 Å². The van der Waals surface area contributed by atoms with E-state index < -0.39 is 0 Å². The highest BCUT2D eigenvalue weighted by atomic mass is 127. The number of nitrogens with zero attached hydrogens (tertiary/aromatic N) is 2. The number of rotatable bonds is 6. The van der Waals surface area contributed by atoms with Crippen molar-refractivity contribution < 1.29 is 0 Å². The second kappa shape index (κ2) is 10.3. The van der Waals surface area contributed by atoms with Crippen molar-refractivity contribution in [1.29, 1.82) is 0 Å². The summed E-state index contributed by atoms with van der Waals surface area (Å²) in [5, 5.41) is 6.28. The summed E-state index contributed by atoms with van der Waals surface area (Å²) in [6, 6.07) is 18.4. The number of nitrogens with two attached hydrogens (primary N) is 1. The largest absolute Gasteiger partial charge is 0.370 e. The number of guanidine groups is 1. The molecule has 6 heteroatoms. The van der Waals surface area contributed by atoms with Gasteiger partial charge in [0.25, 0.3) is 0 Å². The number of anilines is 1. The number of hydrogen-bond donors (Lipinski definition) is 2. The summed E-state index contributed by atoms with van der Waals surface area (Å²) in [5.74, 6) is 0.437. The Morgan fingerprint density at radius 3 is 2.73 bits per heavy atom. The van der Waals surface area contributed by atoms with Crippen molar-refractivity contribution in [2.75, 3.05) is 11.9 Å². The maximum atomic E-state index is 5.98. The number of aliphatic imine (C=N–C) groups is 1. The first-order valence-corrected chi connectivity index (χ1v) is 9.28. The van der Waals surface area contributed by atoms with E-state index in [1.165, 1.54) is 5.56 Å². The van der Waals surface area contributed by atoms with Crippen LogP contribution in [0.15, 0.2) is 65.0 Å². The molecule has 1 aromatic heterocycles. The summed E-state index contributed by atoms with van der Waals surface area (Å²) >= 11 is 1.66. The van der Waals surface area contributed by atoms with Crippen molar-refractivity contribution in [3.63, 3.8) is 0 Å². The Morgan fingerprint density at radius 2 is 1.96 bits per heavy atom. The predicted octanol–water partition coefficient (Wildman–Crippen LogP) is 4.96. The lowest BCUT2D eigenvalue weighted by atomic mass is 10.1. The van der Waals surface area contributed by atoms with Gasteiger partial charge in [-0.05, 0) is 24.1 Å². The van der Waals surface area contributed by atoms with Gasteiger partial charge in [-0.15, -0.1) is 35.3 Å². The van der Waals surface area contributed by atoms with E-state index in [4.69, 9.17) is 5.73 Å². The standard InChI is InChI=1S/C20H22N4S.HI/c1-2-15-7-6-10-17(13-15)24-20(21)22-12-11-18-14-25-19(23-18)16-8-4-3-5-9-16;/h3-10,13-14H,2,11-12H2,1H3,(H3,21,22,24);1H. The molecular weight excluding hydrogens is 455 g/mol. The first kappa shape index (κ1) is 20.4. The monoisotopic (exact) mass is 478 g/mol. The minimum atomic E-state index is 0. The molecule has 0 aliphatic rings. The molecule has 3 N–H and O–H groups in total. The number of thiazole rings is 1. The summed E-state index contributed by atoms with van der Waals surface area (Å²) in [4.78, 5) is 9.07. The van der Waals surface area contributed by atoms with Gasteiger partial charge in [0.1, 0.15) is 5.01 Å². The molecule has 3 aromatic rings. The fourth-order valence-corrected chi connectivity index (χ4v) is 3.34. The summed E-state index contributed by atoms with van der Waals surface area (Å²) in [5.41, 5.74) is 10.4. The zero-order chi connectivity index (χ0) is 17.5. The predicted molar refractivity (Wildman–Crippen MR) is 123 cm³/mol. The Bertz CT molecular complexity index is 846. The highest BCUT2D eigenvalue weighted by Crippen LogP contribution is 2.23. The minimum absolute atomic E-state index is 0. The summed E-state index contributed by atoms with van der Waals surface area (Å²) in [7, 11) is 0. The van der Waals surface area contributed by atoms with Gasteiger partial charge in [-0.1, -0.05) is 49.4 Å². The second-order valence-corrected chi connectivity index (χ2v) is 6.56. The van der Waals surface area contributed by atoms with Crippen molar-refractivity contribution in [3.8, 4) is 10.6 Å². The molecule has 4 nitrogen and oxygen atoms in total. The molecule has 26 heavy (non-hydrogen) atoms. The van der Waals surface area contributed by atoms with Crippen LogP contribution in [0.2, 0.25) is 0 Å². The van der Waals surface area contributed by atoms with E-state index in [0.29, 0.717) is 12.5 Å². The molecular formula is C20H23IN4S. The van der Waals surface area contributed by atoms with E-state index in [9.17, 15) is 0 Å². The van der Waals surface area contributed by atoms with Crippen LogP contribution in [-0.4, -0.2) is 17.5 Å². The molecule has 0 radical (unpaired) electrons. The smallest absolute Gasteiger partial charge is 0.193 e. The molecule has 0 fully saturated rings. The van der Waals surface area contributed by atoms with Gasteiger partial charge in [0.2, 0.25) is 0 Å². The van der Waals surface area contributed by atoms with Crippen LogP contribution >= 0.6 is 35.3 Å². The van der Waals surface area contributed by atoms with Crippen LogP contribution in [0.4, 0.5) is 5.69 Å². The SMILES string of the molecule is CCc1cccc(NC(N)=NCCc2csc(-c3ccccc3)n2)c1.I. The molecule has 3 rings (SSSR count). The van der Waals surface area contributed by atoms with Gasteiger partial charge < -0.3 is 11.1 Å². The molecule has 0 aliphatic heterocycles. The number of halogens is 1. The van der Waals surface area contributed by atoms with Gasteiger partial charge in [0, 0.05) is 29.6 Å². The van der Waals surface area contributed by atoms with Crippen LogP contribution in [0, 0.1) is 0 Å². The molecule has 0 saturated carbocycles. The fraction of sp³-hybridized carbons (Fsp3) is 0.200. The van der Waals surface area contributed by atoms with Crippen LogP contribution in [0.3, 0.4) is 0 Å². The van der Waals surface area contributed by atoms with Gasteiger partial charge in [-0.3, -0.25) is 4.99 Å². The molecule has 0 bridgehead atoms. The number of benzene rings is 2. The van der Waals surface area contributed by atoms with Crippen LogP contribution < -0.4 is 11.1 Å². The maximum absolute atomic E-state index is 5.98. The Morgan fingerprint density at radius 1 is 1.15 bits per heavy atom. The third-order valence-corrected chi connectivity index (χ3v) is 4.77. The number of aromatic nitrogens is 1. The second-order valence-electron chi connectivity index (χ2n) is 5.71. The van der Waals surface area contributed by atoms with Crippen molar-refractivity contribution in [2.24, 2.45) is 10.7 Å². The molecule has 0 atom stereocenters. The van der Waals surface area contributed by atoms with E-state index in [1.54, 1.807) is 11.3 Å². The Hall–Kier alpha value is -1.93. The average Bonchev–Trinajstić information content (AvgIpc) is 3.11.